The number of pyridine rings is 1. The van der Waals surface area contributed by atoms with Crippen LogP contribution in [0, 0.1) is 17.8 Å². The Morgan fingerprint density at radius 1 is 0.950 bits per heavy atom. The number of fused-ring (bicyclic) bond motifs is 2. The number of amides is 3. The fraction of sp³-hybridized carbons (Fsp3) is 0.690. The topological polar surface area (TPSA) is 117 Å². The van der Waals surface area contributed by atoms with Crippen LogP contribution in [0.2, 0.25) is 0 Å². The summed E-state index contributed by atoms with van der Waals surface area (Å²) in [5, 5.41) is 11.0. The molecule has 0 aromatic carbocycles. The van der Waals surface area contributed by atoms with Gasteiger partial charge in [0.25, 0.3) is 5.91 Å². The van der Waals surface area contributed by atoms with Crippen molar-refractivity contribution >= 4 is 11.9 Å². The van der Waals surface area contributed by atoms with Crippen LogP contribution in [0.15, 0.2) is 12.1 Å². The van der Waals surface area contributed by atoms with Crippen LogP contribution in [0.4, 0.5) is 4.79 Å². The Balaban J connectivity index is 0.969. The van der Waals surface area contributed by atoms with Gasteiger partial charge in [0.15, 0.2) is 0 Å². The number of aromatic amines is 1. The van der Waals surface area contributed by atoms with Crippen molar-refractivity contribution < 1.29 is 19.1 Å². The second kappa shape index (κ2) is 11.0. The standard InChI is InChI=1S/C29H39N7O4/c37-28(23-13-25(20-1-2-20)30-27(14-23)40-18-19-6-11-39-12-7-19)34-8-3-21-15-36(16-22(21)4-9-34)29(38)35-10-5-24-26(17-35)32-33-31-24/h13-14,19-22H,1-12,15-18H2,(H,31,32,33)/t21-,22+. The predicted molar refractivity (Wildman–Crippen MR) is 145 cm³/mol. The zero-order valence-electron chi connectivity index (χ0n) is 23.1. The second-order valence-corrected chi connectivity index (χ2v) is 12.2. The van der Waals surface area contributed by atoms with E-state index in [1.54, 1.807) is 0 Å². The van der Waals surface area contributed by atoms with Crippen LogP contribution in [0.3, 0.4) is 0 Å². The number of carbonyl (C=O) groups is 2. The third-order valence-electron chi connectivity index (χ3n) is 9.49. The van der Waals surface area contributed by atoms with Gasteiger partial charge in [-0.3, -0.25) is 9.89 Å². The highest BCUT2D eigenvalue weighted by Crippen LogP contribution is 2.40. The van der Waals surface area contributed by atoms with E-state index in [-0.39, 0.29) is 11.9 Å². The third-order valence-corrected chi connectivity index (χ3v) is 9.49. The molecule has 6 heterocycles. The van der Waals surface area contributed by atoms with Crippen molar-refractivity contribution in [2.45, 2.75) is 57.4 Å². The van der Waals surface area contributed by atoms with E-state index in [9.17, 15) is 9.59 Å². The van der Waals surface area contributed by atoms with Gasteiger partial charge in [-0.05, 0) is 62.3 Å². The molecule has 0 bridgehead atoms. The molecule has 1 aliphatic carbocycles. The SMILES string of the molecule is O=C(c1cc(OCC2CCOCC2)nc(C2CC2)c1)N1CC[C@@H]2CN(C(=O)N3CCc4[nH]nnc4C3)C[C@@H]2CC1. The molecule has 2 aromatic heterocycles. The molecule has 11 heteroatoms. The number of urea groups is 1. The Bertz CT molecular complexity index is 1220. The first-order valence-corrected chi connectivity index (χ1v) is 15.0. The summed E-state index contributed by atoms with van der Waals surface area (Å²) in [5.74, 6) is 2.42. The lowest BCUT2D eigenvalue weighted by molar-refractivity contribution is 0.0490. The van der Waals surface area contributed by atoms with Crippen LogP contribution in [0.25, 0.3) is 0 Å². The highest BCUT2D eigenvalue weighted by molar-refractivity contribution is 5.94. The summed E-state index contributed by atoms with van der Waals surface area (Å²) >= 11 is 0. The molecule has 40 heavy (non-hydrogen) atoms. The molecule has 2 aromatic rings. The van der Waals surface area contributed by atoms with Gasteiger partial charge in [0.1, 0.15) is 5.69 Å². The van der Waals surface area contributed by atoms with Gasteiger partial charge in [-0.25, -0.2) is 9.78 Å². The maximum atomic E-state index is 13.7. The average molecular weight is 550 g/mol. The summed E-state index contributed by atoms with van der Waals surface area (Å²) in [7, 11) is 0. The van der Waals surface area contributed by atoms with E-state index in [0.717, 1.165) is 88.3 Å². The number of ether oxygens (including phenoxy) is 2. The number of hydrogen-bond donors (Lipinski definition) is 1. The summed E-state index contributed by atoms with van der Waals surface area (Å²) in [6.07, 6.45) is 6.88. The summed E-state index contributed by atoms with van der Waals surface area (Å²) in [6.45, 7) is 6.38. The Morgan fingerprint density at radius 3 is 2.48 bits per heavy atom. The minimum absolute atomic E-state index is 0.0739. The lowest BCUT2D eigenvalue weighted by atomic mass is 9.92. The number of carbonyl (C=O) groups excluding carboxylic acids is 2. The molecular formula is C29H39N7O4. The molecule has 1 saturated carbocycles. The number of rotatable bonds is 5. The van der Waals surface area contributed by atoms with E-state index in [1.807, 2.05) is 26.8 Å². The molecule has 3 saturated heterocycles. The average Bonchev–Trinajstić information content (AvgIpc) is 3.66. The van der Waals surface area contributed by atoms with Crippen LogP contribution >= 0.6 is 0 Å². The van der Waals surface area contributed by atoms with Gasteiger partial charge < -0.3 is 24.2 Å². The molecule has 0 spiro atoms. The summed E-state index contributed by atoms with van der Waals surface area (Å²) in [6, 6.07) is 3.94. The van der Waals surface area contributed by atoms with Crippen molar-refractivity contribution in [1.29, 1.82) is 0 Å². The molecule has 11 nitrogen and oxygen atoms in total. The minimum atomic E-state index is 0.0739. The molecule has 1 N–H and O–H groups in total. The van der Waals surface area contributed by atoms with E-state index in [4.69, 9.17) is 14.5 Å². The highest BCUT2D eigenvalue weighted by Gasteiger charge is 2.40. The molecule has 4 aliphatic heterocycles. The van der Waals surface area contributed by atoms with Crippen molar-refractivity contribution in [3.63, 3.8) is 0 Å². The normalized spacial score (nSPS) is 25.4. The van der Waals surface area contributed by atoms with Gasteiger partial charge in [-0.1, -0.05) is 5.21 Å². The van der Waals surface area contributed by atoms with Crippen LogP contribution < -0.4 is 4.74 Å². The van der Waals surface area contributed by atoms with Crippen LogP contribution in [-0.2, 0) is 17.7 Å². The van der Waals surface area contributed by atoms with Crippen LogP contribution in [0.5, 0.6) is 5.88 Å². The zero-order valence-corrected chi connectivity index (χ0v) is 23.1. The Labute approximate surface area is 234 Å². The van der Waals surface area contributed by atoms with E-state index < -0.39 is 0 Å². The van der Waals surface area contributed by atoms with E-state index >= 15 is 0 Å². The largest absolute Gasteiger partial charge is 0.477 e. The number of nitrogens with zero attached hydrogens (tertiary/aromatic N) is 6. The molecule has 4 fully saturated rings. The quantitative estimate of drug-likeness (QED) is 0.610. The fourth-order valence-corrected chi connectivity index (χ4v) is 6.79. The van der Waals surface area contributed by atoms with Crippen LogP contribution in [-0.4, -0.2) is 99.6 Å². The van der Waals surface area contributed by atoms with Gasteiger partial charge in [0.2, 0.25) is 5.88 Å². The number of likely N-dealkylation sites (tertiary alicyclic amines) is 2. The van der Waals surface area contributed by atoms with Crippen molar-refractivity contribution in [3.05, 3.63) is 34.8 Å². The Hall–Kier alpha value is -3.21. The summed E-state index contributed by atoms with van der Waals surface area (Å²) in [5.41, 5.74) is 3.60. The van der Waals surface area contributed by atoms with Gasteiger partial charge >= 0.3 is 6.03 Å². The van der Waals surface area contributed by atoms with Gasteiger partial charge in [0, 0.05) is 75.6 Å². The van der Waals surface area contributed by atoms with Crippen molar-refractivity contribution in [2.75, 3.05) is 52.5 Å². The number of H-pyrrole nitrogens is 1. The second-order valence-electron chi connectivity index (χ2n) is 12.2. The molecule has 0 unspecified atom stereocenters. The van der Waals surface area contributed by atoms with E-state index in [0.29, 0.717) is 67.9 Å². The third kappa shape index (κ3) is 5.40. The predicted octanol–water partition coefficient (Wildman–Crippen LogP) is 2.84. The lowest BCUT2D eigenvalue weighted by Crippen LogP contribution is -2.45. The van der Waals surface area contributed by atoms with Gasteiger partial charge in [0.05, 0.1) is 18.8 Å². The maximum absolute atomic E-state index is 13.7. The Morgan fingerprint density at radius 2 is 1.73 bits per heavy atom. The maximum Gasteiger partial charge on any atom is 0.320 e. The smallest absolute Gasteiger partial charge is 0.320 e. The van der Waals surface area contributed by atoms with Gasteiger partial charge in [-0.15, -0.1) is 5.10 Å². The first-order chi connectivity index (χ1) is 19.6. The zero-order chi connectivity index (χ0) is 27.1. The molecule has 3 amide bonds. The first-order valence-electron chi connectivity index (χ1n) is 15.0. The minimum Gasteiger partial charge on any atom is -0.477 e. The van der Waals surface area contributed by atoms with Crippen molar-refractivity contribution in [2.24, 2.45) is 17.8 Å². The molecule has 2 atom stereocenters. The summed E-state index contributed by atoms with van der Waals surface area (Å²) < 4.78 is 11.6. The number of hydrogen-bond acceptors (Lipinski definition) is 7. The fourth-order valence-electron chi connectivity index (χ4n) is 6.79. The first kappa shape index (κ1) is 25.7. The van der Waals surface area contributed by atoms with E-state index in [2.05, 4.69) is 15.4 Å². The molecular weight excluding hydrogens is 510 g/mol. The molecule has 214 valence electrons. The molecule has 7 rings (SSSR count). The van der Waals surface area contributed by atoms with Crippen molar-refractivity contribution in [1.82, 2.24) is 35.1 Å². The van der Waals surface area contributed by atoms with E-state index in [1.165, 1.54) is 0 Å². The summed E-state index contributed by atoms with van der Waals surface area (Å²) in [4.78, 5) is 37.7. The van der Waals surface area contributed by atoms with Crippen molar-refractivity contribution in [3.8, 4) is 5.88 Å². The lowest BCUT2D eigenvalue weighted by Gasteiger charge is -2.30. The Kier molecular flexibility index (Phi) is 7.07. The van der Waals surface area contributed by atoms with Gasteiger partial charge in [-0.2, -0.15) is 0 Å². The highest BCUT2D eigenvalue weighted by atomic mass is 16.5. The molecule has 5 aliphatic rings. The number of aromatic nitrogens is 4. The molecule has 0 radical (unpaired) electrons. The monoisotopic (exact) mass is 549 g/mol. The van der Waals surface area contributed by atoms with Crippen LogP contribution in [0.1, 0.15) is 71.9 Å². The number of nitrogens with one attached hydrogen (secondary N) is 1.